The fourth-order valence-electron chi connectivity index (χ4n) is 9.89. The van der Waals surface area contributed by atoms with Crippen LogP contribution in [-0.2, 0) is 19.0 Å². The number of carbonyl (C=O) groups is 1. The highest BCUT2D eigenvalue weighted by Gasteiger charge is 2.72. The van der Waals surface area contributed by atoms with E-state index in [1.165, 1.54) is 0 Å². The van der Waals surface area contributed by atoms with E-state index in [0.29, 0.717) is 38.5 Å². The number of carbonyl (C=O) groups excluding carboxylic acids is 1. The number of ether oxygens (including phenoxy) is 3. The molecule has 0 radical (unpaired) electrons. The van der Waals surface area contributed by atoms with Crippen molar-refractivity contribution in [3.8, 4) is 0 Å². The van der Waals surface area contributed by atoms with Crippen LogP contribution in [-0.4, -0.2) is 97.3 Å². The van der Waals surface area contributed by atoms with Gasteiger partial charge in [0, 0.05) is 23.3 Å². The zero-order chi connectivity index (χ0) is 28.1. The van der Waals surface area contributed by atoms with Crippen LogP contribution in [0.15, 0.2) is 11.6 Å². The van der Waals surface area contributed by atoms with Gasteiger partial charge in [-0.05, 0) is 75.2 Å². The monoisotopic (exact) mass is 552 g/mol. The smallest absolute Gasteiger partial charge is 0.331 e. The van der Waals surface area contributed by atoms with Crippen molar-refractivity contribution in [3.05, 3.63) is 11.6 Å². The van der Waals surface area contributed by atoms with Gasteiger partial charge in [-0.2, -0.15) is 0 Å². The Morgan fingerprint density at radius 3 is 2.36 bits per heavy atom. The van der Waals surface area contributed by atoms with Crippen LogP contribution in [0.5, 0.6) is 0 Å². The Labute approximate surface area is 229 Å². The molecule has 10 nitrogen and oxygen atoms in total. The van der Waals surface area contributed by atoms with Gasteiger partial charge in [-0.1, -0.05) is 13.8 Å². The summed E-state index contributed by atoms with van der Waals surface area (Å²) < 4.78 is 16.9. The summed E-state index contributed by atoms with van der Waals surface area (Å²) >= 11 is 0. The zero-order valence-electron chi connectivity index (χ0n) is 23.0. The topological polar surface area (TPSA) is 166 Å². The van der Waals surface area contributed by atoms with Gasteiger partial charge < -0.3 is 44.8 Å². The van der Waals surface area contributed by atoms with Crippen molar-refractivity contribution in [1.82, 2.24) is 0 Å². The van der Waals surface area contributed by atoms with E-state index in [9.17, 15) is 35.4 Å². The molecule has 4 aliphatic carbocycles. The lowest BCUT2D eigenvalue weighted by Crippen LogP contribution is -2.71. The molecule has 10 heteroatoms. The molecule has 0 aromatic carbocycles. The fourth-order valence-corrected chi connectivity index (χ4v) is 9.89. The SMILES string of the molecule is CC1O[C@H](O[C@H]2CC[C@]3(C)C4C(CC[C@]3(O)C2)[C@@]2(O)CC[C@H](C3=CC(=O)OC3)[C@@]2(C)C[C@H]4O)C(O)C(O)[C@H]1O. The molecule has 6 aliphatic rings. The van der Waals surface area contributed by atoms with Gasteiger partial charge in [0.2, 0.25) is 0 Å². The number of rotatable bonds is 3. The molecule has 39 heavy (non-hydrogen) atoms. The summed E-state index contributed by atoms with van der Waals surface area (Å²) in [7, 11) is 0. The number of cyclic esters (lactones) is 1. The molecule has 6 rings (SSSR count). The summed E-state index contributed by atoms with van der Waals surface area (Å²) in [4.78, 5) is 11.8. The Kier molecular flexibility index (Phi) is 6.61. The van der Waals surface area contributed by atoms with Crippen molar-refractivity contribution in [2.24, 2.45) is 28.6 Å². The molecule has 5 unspecified atom stereocenters. The van der Waals surface area contributed by atoms with Crippen LogP contribution < -0.4 is 0 Å². The first kappa shape index (κ1) is 28.0. The van der Waals surface area contributed by atoms with Crippen molar-refractivity contribution < 1.29 is 49.6 Å². The molecule has 2 heterocycles. The highest BCUT2D eigenvalue weighted by Crippen LogP contribution is 2.70. The number of hydrogen-bond acceptors (Lipinski definition) is 10. The zero-order valence-corrected chi connectivity index (χ0v) is 23.0. The van der Waals surface area contributed by atoms with E-state index in [-0.39, 0.29) is 36.8 Å². The van der Waals surface area contributed by atoms with Crippen molar-refractivity contribution in [2.45, 2.75) is 126 Å². The summed E-state index contributed by atoms with van der Waals surface area (Å²) in [6, 6.07) is 0. The molecule has 0 bridgehead atoms. The molecule has 6 N–H and O–H groups in total. The highest BCUT2D eigenvalue weighted by atomic mass is 16.7. The fraction of sp³-hybridized carbons (Fsp3) is 0.897. The minimum atomic E-state index is -1.41. The second-order valence-corrected chi connectivity index (χ2v) is 13.8. The van der Waals surface area contributed by atoms with E-state index in [0.717, 1.165) is 12.0 Å². The largest absolute Gasteiger partial charge is 0.458 e. The first-order valence-electron chi connectivity index (χ1n) is 14.6. The molecule has 2 aliphatic heterocycles. The summed E-state index contributed by atoms with van der Waals surface area (Å²) in [6.07, 6.45) is -1.39. The van der Waals surface area contributed by atoms with Crippen LogP contribution in [0.4, 0.5) is 0 Å². The predicted molar refractivity (Wildman–Crippen MR) is 136 cm³/mol. The minimum Gasteiger partial charge on any atom is -0.458 e. The lowest BCUT2D eigenvalue weighted by atomic mass is 9.41. The Morgan fingerprint density at radius 1 is 0.923 bits per heavy atom. The Bertz CT molecular complexity index is 1030. The first-order valence-corrected chi connectivity index (χ1v) is 14.6. The van der Waals surface area contributed by atoms with E-state index in [1.54, 1.807) is 13.0 Å². The van der Waals surface area contributed by atoms with Gasteiger partial charge in [-0.25, -0.2) is 4.79 Å². The molecule has 0 aromatic rings. The Morgan fingerprint density at radius 2 is 1.67 bits per heavy atom. The number of aliphatic hydroxyl groups is 6. The van der Waals surface area contributed by atoms with Gasteiger partial charge in [-0.3, -0.25) is 0 Å². The van der Waals surface area contributed by atoms with Crippen molar-refractivity contribution in [2.75, 3.05) is 6.61 Å². The van der Waals surface area contributed by atoms with Crippen LogP contribution in [0.3, 0.4) is 0 Å². The first-order chi connectivity index (χ1) is 18.2. The van der Waals surface area contributed by atoms with Crippen LogP contribution in [0.25, 0.3) is 0 Å². The molecule has 14 atom stereocenters. The molecule has 1 saturated heterocycles. The van der Waals surface area contributed by atoms with E-state index in [2.05, 4.69) is 0 Å². The highest BCUT2D eigenvalue weighted by molar-refractivity contribution is 5.85. The average molecular weight is 553 g/mol. The number of esters is 1. The van der Waals surface area contributed by atoms with E-state index in [1.807, 2.05) is 13.8 Å². The second-order valence-electron chi connectivity index (χ2n) is 13.8. The van der Waals surface area contributed by atoms with E-state index >= 15 is 0 Å². The molecule has 0 aromatic heterocycles. The molecular formula is C29H44O10. The van der Waals surface area contributed by atoms with Gasteiger partial charge in [-0.15, -0.1) is 0 Å². The van der Waals surface area contributed by atoms with E-state index < -0.39 is 64.9 Å². The lowest BCUT2D eigenvalue weighted by molar-refractivity contribution is -0.323. The maximum absolute atomic E-state index is 12.4. The third-order valence-electron chi connectivity index (χ3n) is 12.2. The van der Waals surface area contributed by atoms with Gasteiger partial charge in [0.15, 0.2) is 6.29 Å². The molecular weight excluding hydrogens is 508 g/mol. The molecule has 220 valence electrons. The van der Waals surface area contributed by atoms with Crippen LogP contribution in [0, 0.1) is 28.6 Å². The normalized spacial score (nSPS) is 57.3. The van der Waals surface area contributed by atoms with Gasteiger partial charge in [0.05, 0.1) is 29.5 Å². The summed E-state index contributed by atoms with van der Waals surface area (Å²) in [6.45, 7) is 5.92. The standard InChI is InChI=1S/C29H44O10/c1-14-22(32)23(33)24(34)25(38-14)39-16-4-7-26(2)21-18(5-8-28(26,35)11-16)29(36)9-6-17(15-10-20(31)37-13-15)27(29,3)12-19(21)30/h10,14,16-19,21-25,30,32-36H,4-9,11-13H2,1-3H3/t14?,16-,17+,18?,19+,21?,22-,23?,24?,25+,26+,27+,28-,29-/m0/s1. The third-order valence-corrected chi connectivity index (χ3v) is 12.2. The van der Waals surface area contributed by atoms with Gasteiger partial charge >= 0.3 is 5.97 Å². The predicted octanol–water partition coefficient (Wildman–Crippen LogP) is 0.542. The van der Waals surface area contributed by atoms with Crippen LogP contribution in [0.2, 0.25) is 0 Å². The molecule has 4 saturated carbocycles. The van der Waals surface area contributed by atoms with Gasteiger partial charge in [0.1, 0.15) is 24.9 Å². The minimum absolute atomic E-state index is 0.0412. The molecule has 5 fully saturated rings. The van der Waals surface area contributed by atoms with Crippen molar-refractivity contribution in [3.63, 3.8) is 0 Å². The average Bonchev–Trinajstić information content (AvgIpc) is 3.41. The van der Waals surface area contributed by atoms with E-state index in [4.69, 9.17) is 14.2 Å². The van der Waals surface area contributed by atoms with Gasteiger partial charge in [0.25, 0.3) is 0 Å². The number of aliphatic hydroxyl groups excluding tert-OH is 4. The maximum atomic E-state index is 12.4. The summed E-state index contributed by atoms with van der Waals surface area (Å²) in [5, 5.41) is 66.9. The summed E-state index contributed by atoms with van der Waals surface area (Å²) in [5.41, 5.74) is -2.54. The number of fused-ring (bicyclic) bond motifs is 5. The van der Waals surface area contributed by atoms with Crippen LogP contribution >= 0.6 is 0 Å². The van der Waals surface area contributed by atoms with Crippen LogP contribution in [0.1, 0.15) is 72.1 Å². The Hall–Kier alpha value is -1.11. The summed E-state index contributed by atoms with van der Waals surface area (Å²) in [5.74, 6) is -0.893. The van der Waals surface area contributed by atoms with Crippen molar-refractivity contribution >= 4 is 5.97 Å². The maximum Gasteiger partial charge on any atom is 0.331 e. The quantitative estimate of drug-likeness (QED) is 0.215. The number of hydrogen-bond donors (Lipinski definition) is 6. The third kappa shape index (κ3) is 3.86. The second kappa shape index (κ2) is 9.19. The molecule has 0 spiro atoms. The lowest BCUT2D eigenvalue weighted by Gasteiger charge is -2.67. The Balaban J connectivity index is 1.22. The van der Waals surface area contributed by atoms with Crippen molar-refractivity contribution in [1.29, 1.82) is 0 Å². The molecule has 0 amide bonds.